The second-order valence-electron chi connectivity index (χ2n) is 13.8. The van der Waals surface area contributed by atoms with Crippen LogP contribution >= 0.6 is 0 Å². The Labute approximate surface area is 198 Å². The van der Waals surface area contributed by atoms with Gasteiger partial charge >= 0.3 is 0 Å². The highest BCUT2D eigenvalue weighted by Gasteiger charge is 2.58. The number of hydrogen-bond acceptors (Lipinski definition) is 1. The molecule has 0 saturated heterocycles. The van der Waals surface area contributed by atoms with E-state index in [1.54, 1.807) is 5.57 Å². The van der Waals surface area contributed by atoms with E-state index in [9.17, 15) is 5.11 Å². The average molecular weight is 439 g/mol. The molecule has 0 heterocycles. The van der Waals surface area contributed by atoms with E-state index in [1.165, 1.54) is 44.1 Å². The first-order valence-electron chi connectivity index (χ1n) is 13.6. The smallest absolute Gasteiger partial charge is 0.0577 e. The molecule has 9 atom stereocenters. The second-order valence-corrected chi connectivity index (χ2v) is 13.8. The van der Waals surface area contributed by atoms with Crippen molar-refractivity contribution in [3.8, 4) is 0 Å². The van der Waals surface area contributed by atoms with Gasteiger partial charge in [0, 0.05) is 5.92 Å². The molecule has 0 aromatic rings. The Bertz CT molecular complexity index is 781. The highest BCUT2D eigenvalue weighted by atomic mass is 16.3. The fraction of sp³-hybridized carbons (Fsp3) is 0.806. The molecule has 0 radical (unpaired) electrons. The maximum absolute atomic E-state index is 10.3. The SMILES string of the molecule is C=C(C)C(/C=C/[C@@H](C)C1CCC2C3CC=C4C[C@@H](O)CC[C@]4(C)C3CC[C@@]21C)C(C)(C)C. The van der Waals surface area contributed by atoms with Gasteiger partial charge in [0.1, 0.15) is 0 Å². The second kappa shape index (κ2) is 8.44. The lowest BCUT2D eigenvalue weighted by Gasteiger charge is -2.58. The first kappa shape index (κ1) is 24.3. The first-order valence-corrected chi connectivity index (χ1v) is 13.6. The van der Waals surface area contributed by atoms with Gasteiger partial charge in [0.2, 0.25) is 0 Å². The molecule has 32 heavy (non-hydrogen) atoms. The molecule has 4 aliphatic carbocycles. The summed E-state index contributed by atoms with van der Waals surface area (Å²) in [6, 6.07) is 0. The Kier molecular flexibility index (Phi) is 6.41. The van der Waals surface area contributed by atoms with Crippen molar-refractivity contribution in [2.75, 3.05) is 0 Å². The van der Waals surface area contributed by atoms with E-state index in [-0.39, 0.29) is 11.5 Å². The summed E-state index contributed by atoms with van der Waals surface area (Å²) in [6.07, 6.45) is 17.5. The first-order chi connectivity index (χ1) is 14.9. The van der Waals surface area contributed by atoms with Crippen molar-refractivity contribution in [3.63, 3.8) is 0 Å². The third-order valence-corrected chi connectivity index (χ3v) is 10.9. The number of aliphatic hydroxyl groups excluding tert-OH is 1. The minimum absolute atomic E-state index is 0.0978. The Morgan fingerprint density at radius 2 is 1.81 bits per heavy atom. The van der Waals surface area contributed by atoms with E-state index in [0.717, 1.165) is 36.5 Å². The lowest BCUT2D eigenvalue weighted by Crippen LogP contribution is -2.50. The zero-order chi connectivity index (χ0) is 23.5. The van der Waals surface area contributed by atoms with Crippen LogP contribution in [-0.2, 0) is 0 Å². The molecule has 180 valence electrons. The van der Waals surface area contributed by atoms with Crippen molar-refractivity contribution in [2.45, 2.75) is 106 Å². The topological polar surface area (TPSA) is 20.2 Å². The summed E-state index contributed by atoms with van der Waals surface area (Å²) >= 11 is 0. The molecule has 3 fully saturated rings. The third kappa shape index (κ3) is 3.99. The van der Waals surface area contributed by atoms with Crippen LogP contribution in [0.25, 0.3) is 0 Å². The molecule has 0 aliphatic heterocycles. The number of fused-ring (bicyclic) bond motifs is 5. The molecule has 1 nitrogen and oxygen atoms in total. The highest BCUT2D eigenvalue weighted by Crippen LogP contribution is 2.67. The Balaban J connectivity index is 1.53. The van der Waals surface area contributed by atoms with Crippen LogP contribution in [0, 0.1) is 51.8 Å². The summed E-state index contributed by atoms with van der Waals surface area (Å²) in [4.78, 5) is 0. The summed E-state index contributed by atoms with van der Waals surface area (Å²) in [5.41, 5.74) is 3.96. The molecule has 5 unspecified atom stereocenters. The molecule has 3 saturated carbocycles. The predicted octanol–water partition coefficient (Wildman–Crippen LogP) is 8.36. The van der Waals surface area contributed by atoms with Gasteiger partial charge < -0.3 is 5.11 Å². The van der Waals surface area contributed by atoms with Crippen molar-refractivity contribution >= 4 is 0 Å². The van der Waals surface area contributed by atoms with E-state index in [2.05, 4.69) is 73.3 Å². The maximum Gasteiger partial charge on any atom is 0.0577 e. The summed E-state index contributed by atoms with van der Waals surface area (Å²) in [5.74, 6) is 4.48. The molecule has 4 rings (SSSR count). The lowest BCUT2D eigenvalue weighted by atomic mass is 9.47. The van der Waals surface area contributed by atoms with Gasteiger partial charge in [-0.2, -0.15) is 0 Å². The number of allylic oxidation sites excluding steroid dienone is 4. The van der Waals surface area contributed by atoms with Gasteiger partial charge in [0.15, 0.2) is 0 Å². The lowest BCUT2D eigenvalue weighted by molar-refractivity contribution is -0.0540. The Morgan fingerprint density at radius 3 is 2.47 bits per heavy atom. The van der Waals surface area contributed by atoms with E-state index in [0.29, 0.717) is 22.7 Å². The minimum Gasteiger partial charge on any atom is -0.393 e. The van der Waals surface area contributed by atoms with Crippen LogP contribution in [0.5, 0.6) is 0 Å². The summed E-state index contributed by atoms with van der Waals surface area (Å²) in [7, 11) is 0. The van der Waals surface area contributed by atoms with Gasteiger partial charge in [-0.1, -0.05) is 77.5 Å². The molecule has 0 aromatic carbocycles. The summed E-state index contributed by atoms with van der Waals surface area (Å²) < 4.78 is 0. The van der Waals surface area contributed by atoms with Crippen LogP contribution in [0.4, 0.5) is 0 Å². The van der Waals surface area contributed by atoms with Gasteiger partial charge in [0.05, 0.1) is 6.10 Å². The zero-order valence-corrected chi connectivity index (χ0v) is 22.1. The highest BCUT2D eigenvalue weighted by molar-refractivity contribution is 5.25. The number of aliphatic hydroxyl groups is 1. The van der Waals surface area contributed by atoms with Gasteiger partial charge in [-0.25, -0.2) is 0 Å². The van der Waals surface area contributed by atoms with E-state index in [4.69, 9.17) is 0 Å². The predicted molar refractivity (Wildman–Crippen MR) is 137 cm³/mol. The van der Waals surface area contributed by atoms with Crippen LogP contribution in [-0.4, -0.2) is 11.2 Å². The quantitative estimate of drug-likeness (QED) is 0.437. The van der Waals surface area contributed by atoms with Gasteiger partial charge in [-0.3, -0.25) is 0 Å². The minimum atomic E-state index is -0.0978. The standard InChI is InChI=1S/C31H50O/c1-20(2)25(29(4,5)6)12-9-21(3)26-13-14-27-24-11-10-22-19-23(32)15-17-30(22,7)28(24)16-18-31(26,27)8/h9-10,12,21,23-28,32H,1,11,13-19H2,2-8H3/b12-9+/t21-,23+,24?,25?,26?,27?,28?,30+,31-/m1/s1. The normalized spacial score (nSPS) is 43.8. The zero-order valence-electron chi connectivity index (χ0n) is 22.1. The third-order valence-electron chi connectivity index (χ3n) is 10.9. The molecule has 0 amide bonds. The fourth-order valence-corrected chi connectivity index (χ4v) is 9.16. The summed E-state index contributed by atoms with van der Waals surface area (Å²) in [6.45, 7) is 21.2. The van der Waals surface area contributed by atoms with Crippen molar-refractivity contribution in [1.29, 1.82) is 0 Å². The molecular weight excluding hydrogens is 388 g/mol. The van der Waals surface area contributed by atoms with Crippen molar-refractivity contribution in [2.24, 2.45) is 51.8 Å². The van der Waals surface area contributed by atoms with Crippen LogP contribution in [0.1, 0.15) is 99.8 Å². The maximum atomic E-state index is 10.3. The molecule has 0 spiro atoms. The molecule has 1 heteroatoms. The van der Waals surface area contributed by atoms with Gasteiger partial charge in [0.25, 0.3) is 0 Å². The average Bonchev–Trinajstić information content (AvgIpc) is 3.04. The van der Waals surface area contributed by atoms with Gasteiger partial charge in [-0.15, -0.1) is 0 Å². The number of rotatable bonds is 4. The van der Waals surface area contributed by atoms with E-state index in [1.807, 2.05) is 0 Å². The van der Waals surface area contributed by atoms with Crippen LogP contribution in [0.3, 0.4) is 0 Å². The van der Waals surface area contributed by atoms with Crippen molar-refractivity contribution < 1.29 is 5.11 Å². The van der Waals surface area contributed by atoms with Crippen molar-refractivity contribution in [3.05, 3.63) is 36.0 Å². The fourth-order valence-electron chi connectivity index (χ4n) is 9.16. The van der Waals surface area contributed by atoms with Crippen LogP contribution < -0.4 is 0 Å². The number of hydrogen-bond donors (Lipinski definition) is 1. The Hall–Kier alpha value is -0.820. The van der Waals surface area contributed by atoms with Crippen LogP contribution in [0.15, 0.2) is 36.0 Å². The molecular formula is C31H50O. The van der Waals surface area contributed by atoms with Gasteiger partial charge in [-0.05, 0) is 104 Å². The van der Waals surface area contributed by atoms with Crippen molar-refractivity contribution in [1.82, 2.24) is 0 Å². The van der Waals surface area contributed by atoms with E-state index >= 15 is 0 Å². The van der Waals surface area contributed by atoms with E-state index < -0.39 is 0 Å². The molecule has 0 bridgehead atoms. The summed E-state index contributed by atoms with van der Waals surface area (Å²) in [5, 5.41) is 10.3. The molecule has 0 aromatic heterocycles. The monoisotopic (exact) mass is 438 g/mol. The molecule has 4 aliphatic rings. The Morgan fingerprint density at radius 1 is 1.09 bits per heavy atom. The van der Waals surface area contributed by atoms with Crippen LogP contribution in [0.2, 0.25) is 0 Å². The molecule has 1 N–H and O–H groups in total. The largest absolute Gasteiger partial charge is 0.393 e.